The Labute approximate surface area is 95.0 Å². The summed E-state index contributed by atoms with van der Waals surface area (Å²) >= 11 is 0. The molecule has 0 aromatic carbocycles. The molecule has 0 radical (unpaired) electrons. The smallest absolute Gasteiger partial charge is 0.353 e. The minimum Gasteiger partial charge on any atom is -0.477 e. The quantitative estimate of drug-likeness (QED) is 0.731. The van der Waals surface area contributed by atoms with Crippen molar-refractivity contribution in [1.82, 2.24) is 0 Å². The number of hydrogen-bond donors (Lipinski definition) is 1. The fourth-order valence-corrected chi connectivity index (χ4v) is 2.41. The second kappa shape index (κ2) is 3.92. The van der Waals surface area contributed by atoms with Crippen LogP contribution >= 0.6 is 0 Å². The Kier molecular flexibility index (Phi) is 2.74. The number of carboxylic acid groups (broad SMARTS) is 1. The summed E-state index contributed by atoms with van der Waals surface area (Å²) in [6, 6.07) is 0. The molecule has 0 spiro atoms. The van der Waals surface area contributed by atoms with Gasteiger partial charge in [-0.15, -0.1) is 0 Å². The highest BCUT2D eigenvalue weighted by Crippen LogP contribution is 2.39. The second-order valence-electron chi connectivity index (χ2n) is 4.95. The molecule has 0 aromatic rings. The Bertz CT molecular complexity index is 372. The fourth-order valence-electron chi connectivity index (χ4n) is 2.41. The van der Waals surface area contributed by atoms with Crippen LogP contribution in [-0.2, 0) is 9.63 Å². The van der Waals surface area contributed by atoms with Crippen molar-refractivity contribution < 1.29 is 14.7 Å². The summed E-state index contributed by atoms with van der Waals surface area (Å²) in [5.41, 5.74) is 1.14. The number of carboxylic acids is 1. The number of carbonyl (C=O) groups is 1. The van der Waals surface area contributed by atoms with Crippen LogP contribution in [0.25, 0.3) is 0 Å². The van der Waals surface area contributed by atoms with E-state index in [-0.39, 0.29) is 5.71 Å². The third-order valence-corrected chi connectivity index (χ3v) is 3.63. The van der Waals surface area contributed by atoms with Crippen LogP contribution in [0.5, 0.6) is 0 Å². The molecule has 0 amide bonds. The van der Waals surface area contributed by atoms with Gasteiger partial charge in [0.15, 0.2) is 5.71 Å². The predicted molar refractivity (Wildman–Crippen MR) is 60.3 cm³/mol. The highest BCUT2D eigenvalue weighted by molar-refractivity contribution is 6.36. The second-order valence-corrected chi connectivity index (χ2v) is 4.95. The maximum absolute atomic E-state index is 10.8. The van der Waals surface area contributed by atoms with Gasteiger partial charge in [-0.05, 0) is 33.1 Å². The van der Waals surface area contributed by atoms with Crippen molar-refractivity contribution >= 4 is 11.7 Å². The molecule has 1 heterocycles. The van der Waals surface area contributed by atoms with E-state index in [1.165, 1.54) is 5.57 Å². The molecule has 1 N–H and O–H groups in total. The van der Waals surface area contributed by atoms with E-state index in [1.807, 2.05) is 6.92 Å². The lowest BCUT2D eigenvalue weighted by Crippen LogP contribution is -2.36. The third kappa shape index (κ3) is 1.96. The fraction of sp³-hybridized carbons (Fsp3) is 0.667. The van der Waals surface area contributed by atoms with Crippen LogP contribution in [-0.4, -0.2) is 22.4 Å². The number of allylic oxidation sites excluding steroid dienone is 2. The molecule has 1 aliphatic carbocycles. The molecule has 0 unspecified atom stereocenters. The topological polar surface area (TPSA) is 58.9 Å². The van der Waals surface area contributed by atoms with E-state index in [0.29, 0.717) is 12.3 Å². The lowest BCUT2D eigenvalue weighted by molar-refractivity contribution is -0.129. The van der Waals surface area contributed by atoms with Gasteiger partial charge in [-0.25, -0.2) is 4.79 Å². The van der Waals surface area contributed by atoms with E-state index < -0.39 is 11.6 Å². The molecule has 2 aliphatic rings. The minimum absolute atomic E-state index is 0.147. The summed E-state index contributed by atoms with van der Waals surface area (Å²) in [6.45, 7) is 4.10. The molecule has 0 aromatic heterocycles. The number of oxime groups is 1. The number of nitrogens with zero attached hydrogens (tertiary/aromatic N) is 1. The molecular weight excluding hydrogens is 206 g/mol. The first kappa shape index (κ1) is 11.2. The van der Waals surface area contributed by atoms with Gasteiger partial charge in [0, 0.05) is 12.3 Å². The van der Waals surface area contributed by atoms with Crippen molar-refractivity contribution in [2.24, 2.45) is 11.1 Å². The van der Waals surface area contributed by atoms with Gasteiger partial charge in [0.25, 0.3) is 0 Å². The van der Waals surface area contributed by atoms with Crippen molar-refractivity contribution in [3.05, 3.63) is 11.6 Å². The van der Waals surface area contributed by atoms with Gasteiger partial charge < -0.3 is 9.94 Å². The predicted octanol–water partition coefficient (Wildman–Crippen LogP) is 2.35. The summed E-state index contributed by atoms with van der Waals surface area (Å²) in [6.07, 6.45) is 5.74. The van der Waals surface area contributed by atoms with E-state index in [0.717, 1.165) is 19.3 Å². The molecule has 0 fully saturated rings. The molecule has 88 valence electrons. The minimum atomic E-state index is -0.966. The summed E-state index contributed by atoms with van der Waals surface area (Å²) in [5, 5.41) is 12.5. The SMILES string of the molecule is CC1=CC[C@@H]([C@]2(C)CC(C(=O)O)=NO2)CC1. The summed E-state index contributed by atoms with van der Waals surface area (Å²) in [7, 11) is 0. The summed E-state index contributed by atoms with van der Waals surface area (Å²) < 4.78 is 0. The standard InChI is InChI=1S/C12H17NO3/c1-8-3-5-9(6-4-8)12(2)7-10(11(14)15)13-16-12/h3,9H,4-7H2,1-2H3,(H,14,15)/t9-,12+/m1/s1. The van der Waals surface area contributed by atoms with Crippen LogP contribution in [0.2, 0.25) is 0 Å². The van der Waals surface area contributed by atoms with E-state index in [9.17, 15) is 4.79 Å². The van der Waals surface area contributed by atoms with Crippen molar-refractivity contribution in [3.63, 3.8) is 0 Å². The van der Waals surface area contributed by atoms with Crippen LogP contribution in [0.1, 0.15) is 39.5 Å². The first-order chi connectivity index (χ1) is 7.51. The Morgan fingerprint density at radius 1 is 1.69 bits per heavy atom. The molecule has 4 heteroatoms. The van der Waals surface area contributed by atoms with Crippen LogP contribution in [0.3, 0.4) is 0 Å². The summed E-state index contributed by atoms with van der Waals surface area (Å²) in [4.78, 5) is 16.2. The van der Waals surface area contributed by atoms with Crippen LogP contribution in [0.15, 0.2) is 16.8 Å². The molecular formula is C12H17NO3. The Morgan fingerprint density at radius 3 is 2.94 bits per heavy atom. The first-order valence-electron chi connectivity index (χ1n) is 5.65. The van der Waals surface area contributed by atoms with Gasteiger partial charge in [0.05, 0.1) is 0 Å². The highest BCUT2D eigenvalue weighted by atomic mass is 16.7. The lowest BCUT2D eigenvalue weighted by atomic mass is 9.76. The molecule has 0 saturated heterocycles. The van der Waals surface area contributed by atoms with E-state index in [4.69, 9.17) is 9.94 Å². The monoisotopic (exact) mass is 223 g/mol. The van der Waals surface area contributed by atoms with Crippen LogP contribution in [0.4, 0.5) is 0 Å². The average Bonchev–Trinajstić information content (AvgIpc) is 2.63. The van der Waals surface area contributed by atoms with Gasteiger partial charge in [0.2, 0.25) is 0 Å². The van der Waals surface area contributed by atoms with Crippen LogP contribution in [0, 0.1) is 5.92 Å². The molecule has 1 aliphatic heterocycles. The van der Waals surface area contributed by atoms with Gasteiger partial charge in [-0.2, -0.15) is 0 Å². The zero-order valence-electron chi connectivity index (χ0n) is 9.69. The Hall–Kier alpha value is -1.32. The third-order valence-electron chi connectivity index (χ3n) is 3.63. The van der Waals surface area contributed by atoms with Crippen molar-refractivity contribution in [1.29, 1.82) is 0 Å². The normalized spacial score (nSPS) is 34.0. The molecule has 0 bridgehead atoms. The van der Waals surface area contributed by atoms with Crippen molar-refractivity contribution in [2.45, 2.75) is 45.1 Å². The molecule has 4 nitrogen and oxygen atoms in total. The summed E-state index contributed by atoms with van der Waals surface area (Å²) in [5.74, 6) is -0.594. The number of aliphatic carboxylic acids is 1. The highest BCUT2D eigenvalue weighted by Gasteiger charge is 2.43. The van der Waals surface area contributed by atoms with Crippen molar-refractivity contribution in [3.8, 4) is 0 Å². The first-order valence-corrected chi connectivity index (χ1v) is 5.65. The largest absolute Gasteiger partial charge is 0.477 e. The number of hydrogen-bond acceptors (Lipinski definition) is 3. The average molecular weight is 223 g/mol. The van der Waals surface area contributed by atoms with Crippen molar-refractivity contribution in [2.75, 3.05) is 0 Å². The molecule has 2 rings (SSSR count). The zero-order valence-corrected chi connectivity index (χ0v) is 9.69. The molecule has 0 saturated carbocycles. The van der Waals surface area contributed by atoms with E-state index >= 15 is 0 Å². The Balaban J connectivity index is 2.04. The van der Waals surface area contributed by atoms with Gasteiger partial charge >= 0.3 is 5.97 Å². The molecule has 16 heavy (non-hydrogen) atoms. The Morgan fingerprint density at radius 2 is 2.44 bits per heavy atom. The lowest BCUT2D eigenvalue weighted by Gasteiger charge is -2.33. The van der Waals surface area contributed by atoms with Crippen LogP contribution < -0.4 is 0 Å². The maximum atomic E-state index is 10.8. The molecule has 2 atom stereocenters. The van der Waals surface area contributed by atoms with Gasteiger partial charge in [-0.3, -0.25) is 0 Å². The maximum Gasteiger partial charge on any atom is 0.353 e. The van der Waals surface area contributed by atoms with E-state index in [1.54, 1.807) is 0 Å². The number of rotatable bonds is 2. The van der Waals surface area contributed by atoms with E-state index in [2.05, 4.69) is 18.2 Å². The zero-order chi connectivity index (χ0) is 11.8. The van der Waals surface area contributed by atoms with Gasteiger partial charge in [0.1, 0.15) is 5.60 Å². The van der Waals surface area contributed by atoms with Gasteiger partial charge in [-0.1, -0.05) is 16.8 Å².